The van der Waals surface area contributed by atoms with Crippen LogP contribution in [0.2, 0.25) is 0 Å². The molecule has 170 valence electrons. The molecule has 1 fully saturated rings. The van der Waals surface area contributed by atoms with Crippen molar-refractivity contribution in [2.24, 2.45) is 5.41 Å². The first kappa shape index (κ1) is 22.1. The van der Waals surface area contributed by atoms with Gasteiger partial charge in [-0.05, 0) is 35.8 Å². The van der Waals surface area contributed by atoms with Crippen LogP contribution in [-0.2, 0) is 5.54 Å². The van der Waals surface area contributed by atoms with Gasteiger partial charge in [0.2, 0.25) is 0 Å². The lowest BCUT2D eigenvalue weighted by atomic mass is 9.57. The number of hydrogen-bond donors (Lipinski definition) is 0. The first-order valence-electron chi connectivity index (χ1n) is 11.1. The number of ketones is 1. The van der Waals surface area contributed by atoms with Crippen LogP contribution in [0.25, 0.3) is 6.08 Å². The Morgan fingerprint density at radius 1 is 1.03 bits per heavy atom. The van der Waals surface area contributed by atoms with E-state index >= 15 is 0 Å². The summed E-state index contributed by atoms with van der Waals surface area (Å²) in [7, 11) is 0. The molecule has 2 aliphatic rings. The zero-order valence-corrected chi connectivity index (χ0v) is 18.8. The van der Waals surface area contributed by atoms with E-state index in [-0.39, 0.29) is 11.5 Å². The number of carbonyl (C=O) groups excluding carboxylic acids is 1. The number of fused-ring (bicyclic) bond motifs is 3. The van der Waals surface area contributed by atoms with Gasteiger partial charge in [0.25, 0.3) is 5.69 Å². The van der Waals surface area contributed by atoms with Crippen molar-refractivity contribution in [3.63, 3.8) is 0 Å². The Morgan fingerprint density at radius 2 is 1.69 bits per heavy atom. The molecule has 0 aromatic heterocycles. The first-order chi connectivity index (χ1) is 16.9. The highest BCUT2D eigenvalue weighted by Crippen LogP contribution is 2.64. The van der Waals surface area contributed by atoms with E-state index in [4.69, 9.17) is 0 Å². The van der Waals surface area contributed by atoms with Crippen molar-refractivity contribution in [1.29, 1.82) is 10.5 Å². The van der Waals surface area contributed by atoms with E-state index in [1.165, 1.54) is 12.1 Å². The summed E-state index contributed by atoms with van der Waals surface area (Å²) in [6.07, 6.45) is 3.39. The number of nitrogens with zero attached hydrogens (tertiary/aromatic N) is 4. The third-order valence-electron chi connectivity index (χ3n) is 7.41. The van der Waals surface area contributed by atoms with Gasteiger partial charge in [-0.2, -0.15) is 10.5 Å². The van der Waals surface area contributed by atoms with Gasteiger partial charge >= 0.3 is 0 Å². The third-order valence-corrected chi connectivity index (χ3v) is 7.41. The van der Waals surface area contributed by atoms with Gasteiger partial charge in [0.1, 0.15) is 6.04 Å². The Hall–Kier alpha value is -4.75. The molecule has 0 aliphatic carbocycles. The van der Waals surface area contributed by atoms with Crippen LogP contribution in [0.1, 0.15) is 39.9 Å². The average molecular weight is 460 g/mol. The lowest BCUT2D eigenvalue weighted by molar-refractivity contribution is -0.384. The fourth-order valence-electron chi connectivity index (χ4n) is 5.82. The maximum atomic E-state index is 14.4. The fraction of sp³-hybridized carbons (Fsp3) is 0.179. The Kier molecular flexibility index (Phi) is 5.00. The molecule has 2 aliphatic heterocycles. The predicted molar refractivity (Wildman–Crippen MR) is 129 cm³/mol. The predicted octanol–water partition coefficient (Wildman–Crippen LogP) is 5.18. The maximum Gasteiger partial charge on any atom is 0.270 e. The van der Waals surface area contributed by atoms with Gasteiger partial charge in [0, 0.05) is 29.8 Å². The molecule has 0 amide bonds. The van der Waals surface area contributed by atoms with E-state index in [1.807, 2.05) is 30.3 Å². The molecule has 0 spiro atoms. The zero-order valence-electron chi connectivity index (χ0n) is 18.8. The molecule has 0 unspecified atom stereocenters. The third kappa shape index (κ3) is 2.85. The van der Waals surface area contributed by atoms with Crippen LogP contribution in [0.3, 0.4) is 0 Å². The second-order valence-electron chi connectivity index (χ2n) is 8.90. The minimum Gasteiger partial charge on any atom is -0.350 e. The van der Waals surface area contributed by atoms with Crippen LogP contribution < -0.4 is 0 Å². The van der Waals surface area contributed by atoms with Gasteiger partial charge < -0.3 is 4.90 Å². The molecule has 0 saturated carbocycles. The molecule has 4 atom stereocenters. The summed E-state index contributed by atoms with van der Waals surface area (Å²) in [5.41, 5.74) is -0.846. The number of non-ortho nitro benzene ring substituents is 1. The standard InChI is InChI=1S/C28H20N4O3/c1-27-23-13-12-22(32(34)35)16-21(23)14-15-31(27)24(17-29)25(19-8-4-2-5-9-19)28(27,18-30)26(33)20-10-6-3-7-11-20/h2-16,24-25H,1H3/t24-,25+,27-,28-/m0/s1. The van der Waals surface area contributed by atoms with Crippen LogP contribution in [-0.4, -0.2) is 21.6 Å². The second kappa shape index (κ2) is 7.93. The van der Waals surface area contributed by atoms with E-state index in [9.17, 15) is 25.4 Å². The molecule has 2 heterocycles. The van der Waals surface area contributed by atoms with Gasteiger partial charge in [-0.3, -0.25) is 14.9 Å². The summed E-state index contributed by atoms with van der Waals surface area (Å²) >= 11 is 0. The van der Waals surface area contributed by atoms with E-state index in [2.05, 4.69) is 12.1 Å². The maximum absolute atomic E-state index is 14.4. The first-order valence-corrected chi connectivity index (χ1v) is 11.1. The minimum atomic E-state index is -1.70. The van der Waals surface area contributed by atoms with Crippen LogP contribution in [0, 0.1) is 38.2 Å². The Morgan fingerprint density at radius 3 is 2.29 bits per heavy atom. The number of carbonyl (C=O) groups is 1. The van der Waals surface area contributed by atoms with E-state index in [0.717, 1.165) is 0 Å². The summed E-state index contributed by atoms with van der Waals surface area (Å²) in [6.45, 7) is 1.79. The van der Waals surface area contributed by atoms with E-state index in [0.29, 0.717) is 22.3 Å². The Balaban J connectivity index is 1.86. The zero-order chi connectivity index (χ0) is 24.8. The summed E-state index contributed by atoms with van der Waals surface area (Å²) < 4.78 is 0. The van der Waals surface area contributed by atoms with Crippen LogP contribution in [0.5, 0.6) is 0 Å². The lowest BCUT2D eigenvalue weighted by Crippen LogP contribution is -2.53. The number of Topliss-reactive ketones (excluding diaryl/α,β-unsaturated/α-hetero) is 1. The second-order valence-corrected chi connectivity index (χ2v) is 8.90. The molecular formula is C28H20N4O3. The highest BCUT2D eigenvalue weighted by atomic mass is 16.6. The molecule has 3 aromatic carbocycles. The monoisotopic (exact) mass is 460 g/mol. The fourth-order valence-corrected chi connectivity index (χ4v) is 5.82. The molecular weight excluding hydrogens is 440 g/mol. The molecule has 0 bridgehead atoms. The summed E-state index contributed by atoms with van der Waals surface area (Å²) in [5, 5.41) is 32.7. The van der Waals surface area contributed by atoms with E-state index in [1.54, 1.807) is 60.5 Å². The molecule has 7 heteroatoms. The number of rotatable bonds is 4. The van der Waals surface area contributed by atoms with E-state index < -0.39 is 27.8 Å². The molecule has 0 radical (unpaired) electrons. The number of benzene rings is 3. The number of hydrogen-bond acceptors (Lipinski definition) is 6. The molecule has 35 heavy (non-hydrogen) atoms. The summed E-state index contributed by atoms with van der Waals surface area (Å²) in [5.74, 6) is -1.17. The van der Waals surface area contributed by atoms with Crippen molar-refractivity contribution in [2.75, 3.05) is 0 Å². The minimum absolute atomic E-state index is 0.0863. The van der Waals surface area contributed by atoms with Crippen molar-refractivity contribution in [3.05, 3.63) is 117 Å². The SMILES string of the molecule is C[C@@]12c3ccc([N+](=O)[O-])cc3C=CN1[C@@H](C#N)[C@@H](c1ccccc1)[C@@]2(C#N)C(=O)c1ccccc1. The van der Waals surface area contributed by atoms with Crippen molar-refractivity contribution in [2.45, 2.75) is 24.4 Å². The van der Waals surface area contributed by atoms with Crippen molar-refractivity contribution in [3.8, 4) is 12.1 Å². The van der Waals surface area contributed by atoms with Gasteiger partial charge in [-0.1, -0.05) is 60.7 Å². The molecule has 5 rings (SSSR count). The largest absolute Gasteiger partial charge is 0.350 e. The Bertz CT molecular complexity index is 1460. The lowest BCUT2D eigenvalue weighted by Gasteiger charge is -2.46. The van der Waals surface area contributed by atoms with Gasteiger partial charge in [-0.25, -0.2) is 0 Å². The number of nitro benzene ring substituents is 1. The van der Waals surface area contributed by atoms with Crippen molar-refractivity contribution >= 4 is 17.5 Å². The highest BCUT2D eigenvalue weighted by Gasteiger charge is 2.71. The molecule has 7 nitrogen and oxygen atoms in total. The van der Waals surface area contributed by atoms with Crippen molar-refractivity contribution in [1.82, 2.24) is 4.90 Å². The van der Waals surface area contributed by atoms with Crippen LogP contribution >= 0.6 is 0 Å². The smallest absolute Gasteiger partial charge is 0.270 e. The highest BCUT2D eigenvalue weighted by molar-refractivity contribution is 6.05. The summed E-state index contributed by atoms with van der Waals surface area (Å²) in [6, 6.07) is 26.1. The molecule has 3 aromatic rings. The quantitative estimate of drug-likeness (QED) is 0.301. The van der Waals surface area contributed by atoms with Crippen molar-refractivity contribution < 1.29 is 9.72 Å². The molecule has 0 N–H and O–H groups in total. The molecule has 1 saturated heterocycles. The number of nitro groups is 1. The number of nitriles is 2. The summed E-state index contributed by atoms with van der Waals surface area (Å²) in [4.78, 5) is 27.1. The van der Waals surface area contributed by atoms with Crippen LogP contribution in [0.15, 0.2) is 85.1 Å². The Labute approximate surface area is 202 Å². The van der Waals surface area contributed by atoms with Gasteiger partial charge in [0.05, 0.1) is 22.6 Å². The van der Waals surface area contributed by atoms with Crippen LogP contribution in [0.4, 0.5) is 5.69 Å². The van der Waals surface area contributed by atoms with Gasteiger partial charge in [-0.15, -0.1) is 0 Å². The topological polar surface area (TPSA) is 111 Å². The average Bonchev–Trinajstić information content (AvgIpc) is 3.14. The normalized spacial score (nSPS) is 26.2. The van der Waals surface area contributed by atoms with Gasteiger partial charge in [0.15, 0.2) is 11.2 Å².